The molecule has 1 aliphatic rings. The van der Waals surface area contributed by atoms with E-state index in [-0.39, 0.29) is 18.6 Å². The molecule has 0 radical (unpaired) electrons. The molecule has 0 amide bonds. The van der Waals surface area contributed by atoms with E-state index in [1.165, 1.54) is 0 Å². The third-order valence-corrected chi connectivity index (χ3v) is 3.52. The van der Waals surface area contributed by atoms with E-state index in [4.69, 9.17) is 16.3 Å². The highest BCUT2D eigenvalue weighted by molar-refractivity contribution is 6.30. The summed E-state index contributed by atoms with van der Waals surface area (Å²) in [5, 5.41) is 3.77. The maximum atomic E-state index is 12.0. The summed E-state index contributed by atoms with van der Waals surface area (Å²) in [6.07, 6.45) is 2.19. The molecule has 1 aliphatic heterocycles. The number of imidazole rings is 1. The van der Waals surface area contributed by atoms with Gasteiger partial charge in [0.2, 0.25) is 0 Å². The SMILES string of the molecule is O=C(OCc1cccc(Cl)c1)C1Cc2nc[nH]c2CN1. The van der Waals surface area contributed by atoms with Crippen LogP contribution in [0.1, 0.15) is 17.0 Å². The Labute approximate surface area is 121 Å². The van der Waals surface area contributed by atoms with Gasteiger partial charge in [0.05, 0.1) is 17.7 Å². The molecule has 104 valence electrons. The number of aromatic nitrogens is 2. The van der Waals surface area contributed by atoms with Gasteiger partial charge in [0.1, 0.15) is 12.6 Å². The Balaban J connectivity index is 1.58. The summed E-state index contributed by atoms with van der Waals surface area (Å²) in [7, 11) is 0. The molecular weight excluding hydrogens is 278 g/mol. The minimum Gasteiger partial charge on any atom is -0.460 e. The van der Waals surface area contributed by atoms with E-state index >= 15 is 0 Å². The topological polar surface area (TPSA) is 67.0 Å². The van der Waals surface area contributed by atoms with E-state index in [2.05, 4.69) is 15.3 Å². The molecule has 2 aromatic rings. The number of nitrogens with one attached hydrogen (secondary N) is 2. The zero-order chi connectivity index (χ0) is 13.9. The molecular formula is C14H14ClN3O2. The van der Waals surface area contributed by atoms with Gasteiger partial charge in [0.15, 0.2) is 0 Å². The molecule has 0 fully saturated rings. The molecule has 1 atom stereocenters. The molecule has 0 saturated heterocycles. The Morgan fingerprint density at radius 3 is 3.25 bits per heavy atom. The lowest BCUT2D eigenvalue weighted by Crippen LogP contribution is -2.42. The average molecular weight is 292 g/mol. The van der Waals surface area contributed by atoms with Crippen molar-refractivity contribution in [2.45, 2.75) is 25.6 Å². The van der Waals surface area contributed by atoms with Gasteiger partial charge in [-0.25, -0.2) is 4.98 Å². The summed E-state index contributed by atoms with van der Waals surface area (Å²) in [6, 6.07) is 6.94. The van der Waals surface area contributed by atoms with Crippen molar-refractivity contribution >= 4 is 17.6 Å². The fourth-order valence-corrected chi connectivity index (χ4v) is 2.43. The van der Waals surface area contributed by atoms with Crippen molar-refractivity contribution in [1.82, 2.24) is 15.3 Å². The van der Waals surface area contributed by atoms with Crippen molar-refractivity contribution in [3.8, 4) is 0 Å². The second-order valence-electron chi connectivity index (χ2n) is 4.70. The Morgan fingerprint density at radius 2 is 2.40 bits per heavy atom. The summed E-state index contributed by atoms with van der Waals surface area (Å²) >= 11 is 5.89. The van der Waals surface area contributed by atoms with Crippen LogP contribution in [0.4, 0.5) is 0 Å². The lowest BCUT2D eigenvalue weighted by atomic mass is 10.1. The molecule has 6 heteroatoms. The number of halogens is 1. The monoisotopic (exact) mass is 291 g/mol. The minimum atomic E-state index is -0.343. The molecule has 1 unspecified atom stereocenters. The van der Waals surface area contributed by atoms with Crippen LogP contribution in [0.5, 0.6) is 0 Å². The van der Waals surface area contributed by atoms with Crippen LogP contribution in [-0.4, -0.2) is 22.0 Å². The number of carbonyl (C=O) groups is 1. The predicted molar refractivity (Wildman–Crippen MR) is 74.2 cm³/mol. The smallest absolute Gasteiger partial charge is 0.323 e. The van der Waals surface area contributed by atoms with Crippen molar-refractivity contribution in [2.75, 3.05) is 0 Å². The Morgan fingerprint density at radius 1 is 1.50 bits per heavy atom. The third-order valence-electron chi connectivity index (χ3n) is 3.28. The molecule has 0 bridgehead atoms. The first-order valence-electron chi connectivity index (χ1n) is 6.38. The number of hydrogen-bond acceptors (Lipinski definition) is 4. The van der Waals surface area contributed by atoms with Gasteiger partial charge < -0.3 is 9.72 Å². The number of benzene rings is 1. The summed E-state index contributed by atoms with van der Waals surface area (Å²) in [4.78, 5) is 19.3. The van der Waals surface area contributed by atoms with E-state index < -0.39 is 0 Å². The van der Waals surface area contributed by atoms with Gasteiger partial charge in [-0.3, -0.25) is 10.1 Å². The van der Waals surface area contributed by atoms with Crippen molar-refractivity contribution in [2.24, 2.45) is 0 Å². The van der Waals surface area contributed by atoms with Crippen LogP contribution in [0.15, 0.2) is 30.6 Å². The van der Waals surface area contributed by atoms with E-state index in [9.17, 15) is 4.79 Å². The van der Waals surface area contributed by atoms with Gasteiger partial charge in [-0.2, -0.15) is 0 Å². The van der Waals surface area contributed by atoms with Gasteiger partial charge >= 0.3 is 5.97 Å². The molecule has 0 spiro atoms. The number of nitrogens with zero attached hydrogens (tertiary/aromatic N) is 1. The highest BCUT2D eigenvalue weighted by Gasteiger charge is 2.26. The normalized spacial score (nSPS) is 17.6. The predicted octanol–water partition coefficient (Wildman–Crippen LogP) is 1.82. The molecule has 0 aliphatic carbocycles. The summed E-state index contributed by atoms with van der Waals surface area (Å²) in [5.41, 5.74) is 2.83. The number of ether oxygens (including phenoxy) is 1. The molecule has 2 heterocycles. The minimum absolute atomic E-state index is 0.227. The van der Waals surface area contributed by atoms with Gasteiger partial charge in [-0.15, -0.1) is 0 Å². The molecule has 5 nitrogen and oxygen atoms in total. The van der Waals surface area contributed by atoms with Crippen LogP contribution in [0.2, 0.25) is 5.02 Å². The first kappa shape index (κ1) is 13.1. The summed E-state index contributed by atoms with van der Waals surface area (Å²) in [6.45, 7) is 0.831. The average Bonchev–Trinajstić information content (AvgIpc) is 2.92. The lowest BCUT2D eigenvalue weighted by molar-refractivity contribution is -0.147. The Bertz CT molecular complexity index is 626. The molecule has 2 N–H and O–H groups in total. The standard InChI is InChI=1S/C14H14ClN3O2/c15-10-3-1-2-9(4-10)7-20-14(19)12-5-11-13(6-16-12)18-8-17-11/h1-4,8,12,16H,5-7H2,(H,17,18). The zero-order valence-corrected chi connectivity index (χ0v) is 11.5. The van der Waals surface area contributed by atoms with Crippen LogP contribution < -0.4 is 5.32 Å². The highest BCUT2D eigenvalue weighted by Crippen LogP contribution is 2.15. The van der Waals surface area contributed by atoms with Crippen LogP contribution in [-0.2, 0) is 29.1 Å². The van der Waals surface area contributed by atoms with Crippen LogP contribution >= 0.6 is 11.6 Å². The first-order valence-corrected chi connectivity index (χ1v) is 6.76. The number of fused-ring (bicyclic) bond motifs is 1. The number of rotatable bonds is 3. The maximum Gasteiger partial charge on any atom is 0.323 e. The van der Waals surface area contributed by atoms with Crippen molar-refractivity contribution in [3.63, 3.8) is 0 Å². The van der Waals surface area contributed by atoms with Crippen LogP contribution in [0, 0.1) is 0 Å². The highest BCUT2D eigenvalue weighted by atomic mass is 35.5. The molecule has 3 rings (SSSR count). The largest absolute Gasteiger partial charge is 0.460 e. The fraction of sp³-hybridized carbons (Fsp3) is 0.286. The van der Waals surface area contributed by atoms with E-state index in [0.717, 1.165) is 17.0 Å². The van der Waals surface area contributed by atoms with Crippen LogP contribution in [0.3, 0.4) is 0 Å². The van der Waals surface area contributed by atoms with Crippen molar-refractivity contribution in [3.05, 3.63) is 52.6 Å². The third kappa shape index (κ3) is 2.84. The second kappa shape index (κ2) is 5.64. The van der Waals surface area contributed by atoms with Gasteiger partial charge in [0.25, 0.3) is 0 Å². The molecule has 0 saturated carbocycles. The van der Waals surface area contributed by atoms with E-state index in [1.54, 1.807) is 18.5 Å². The zero-order valence-electron chi connectivity index (χ0n) is 10.7. The maximum absolute atomic E-state index is 12.0. The number of H-pyrrole nitrogens is 1. The number of hydrogen-bond donors (Lipinski definition) is 2. The number of carbonyl (C=O) groups excluding carboxylic acids is 1. The molecule has 1 aromatic heterocycles. The van der Waals surface area contributed by atoms with Crippen molar-refractivity contribution < 1.29 is 9.53 Å². The van der Waals surface area contributed by atoms with Crippen molar-refractivity contribution in [1.29, 1.82) is 0 Å². The van der Waals surface area contributed by atoms with Gasteiger partial charge in [-0.1, -0.05) is 23.7 Å². The first-order chi connectivity index (χ1) is 9.72. The summed E-state index contributed by atoms with van der Waals surface area (Å²) in [5.74, 6) is -0.265. The molecule has 1 aromatic carbocycles. The molecule has 20 heavy (non-hydrogen) atoms. The Kier molecular flexibility index (Phi) is 3.71. The second-order valence-corrected chi connectivity index (χ2v) is 5.14. The quantitative estimate of drug-likeness (QED) is 0.847. The van der Waals surface area contributed by atoms with E-state index in [1.807, 2.05) is 12.1 Å². The lowest BCUT2D eigenvalue weighted by Gasteiger charge is -2.21. The Hall–Kier alpha value is -1.85. The van der Waals surface area contributed by atoms with Gasteiger partial charge in [0, 0.05) is 18.0 Å². The fourth-order valence-electron chi connectivity index (χ4n) is 2.22. The number of esters is 1. The van der Waals surface area contributed by atoms with Gasteiger partial charge in [-0.05, 0) is 17.7 Å². The summed E-state index contributed by atoms with van der Waals surface area (Å²) < 4.78 is 5.32. The van der Waals surface area contributed by atoms with E-state index in [0.29, 0.717) is 18.0 Å². The van der Waals surface area contributed by atoms with Crippen LogP contribution in [0.25, 0.3) is 0 Å². The number of aromatic amines is 1.